The molecule has 2 aromatic rings. The predicted octanol–water partition coefficient (Wildman–Crippen LogP) is 3.48. The number of aliphatic hydroxyl groups excluding tert-OH is 1. The molecule has 1 saturated carbocycles. The van der Waals surface area contributed by atoms with Crippen LogP contribution >= 0.6 is 11.6 Å². The van der Waals surface area contributed by atoms with Crippen LogP contribution in [0.5, 0.6) is 0 Å². The third kappa shape index (κ3) is 3.80. The van der Waals surface area contributed by atoms with Gasteiger partial charge in [0.25, 0.3) is 0 Å². The Balaban J connectivity index is 1.56. The van der Waals surface area contributed by atoms with Gasteiger partial charge in [0.1, 0.15) is 11.4 Å². The topological polar surface area (TPSA) is 99.0 Å². The summed E-state index contributed by atoms with van der Waals surface area (Å²) >= 11 is 6.00. The van der Waals surface area contributed by atoms with Crippen LogP contribution in [0.3, 0.4) is 0 Å². The molecule has 1 amide bonds. The highest BCUT2D eigenvalue weighted by atomic mass is 35.5. The van der Waals surface area contributed by atoms with Crippen molar-refractivity contribution in [2.45, 2.75) is 76.3 Å². The Morgan fingerprint density at radius 2 is 1.94 bits per heavy atom. The molecule has 178 valence electrons. The van der Waals surface area contributed by atoms with E-state index in [1.807, 2.05) is 30.6 Å². The normalized spacial score (nSPS) is 23.8. The number of aromatic nitrogens is 2. The first-order chi connectivity index (χ1) is 15.5. The van der Waals surface area contributed by atoms with Crippen molar-refractivity contribution in [2.75, 3.05) is 18.0 Å². The van der Waals surface area contributed by atoms with E-state index in [4.69, 9.17) is 16.3 Å². The van der Waals surface area contributed by atoms with Crippen LogP contribution in [0.1, 0.15) is 57.7 Å². The Morgan fingerprint density at radius 3 is 2.48 bits per heavy atom. The van der Waals surface area contributed by atoms with E-state index in [0.717, 1.165) is 12.8 Å². The molecule has 5 rings (SSSR count). The number of piperazine rings is 1. The quantitative estimate of drug-likeness (QED) is 0.651. The molecule has 2 atom stereocenters. The number of halogens is 2. The maximum Gasteiger partial charge on any atom is 0.410 e. The largest absolute Gasteiger partial charge is 0.444 e. The number of carbonyl (C=O) groups excluding carboxylic acids is 1. The molecule has 2 bridgehead atoms. The predicted molar refractivity (Wildman–Crippen MR) is 121 cm³/mol. The second kappa shape index (κ2) is 7.65. The van der Waals surface area contributed by atoms with Crippen LogP contribution in [0.25, 0.3) is 10.8 Å². The number of anilines is 1. The van der Waals surface area contributed by atoms with Crippen LogP contribution in [0.4, 0.5) is 15.0 Å². The molecule has 8 nitrogen and oxygen atoms in total. The number of rotatable bonds is 3. The van der Waals surface area contributed by atoms with Gasteiger partial charge in [-0.15, -0.1) is 0 Å². The molecule has 0 aromatic carbocycles. The smallest absolute Gasteiger partial charge is 0.410 e. The minimum Gasteiger partial charge on any atom is -0.444 e. The number of amides is 1. The third-order valence-electron chi connectivity index (χ3n) is 6.72. The summed E-state index contributed by atoms with van der Waals surface area (Å²) in [6.45, 7) is 6.09. The molecule has 1 aliphatic carbocycles. The SMILES string of the molecule is CC(C)(C)OC(=O)N1C2CCC1CN(c1nc(CO)c(C3(O)CC3)c3c(F)c(Cl)ncc13)C2. The first kappa shape index (κ1) is 22.6. The Bertz CT molecular complexity index is 1120. The molecule has 0 radical (unpaired) electrons. The summed E-state index contributed by atoms with van der Waals surface area (Å²) in [5.41, 5.74) is -1.27. The second-order valence-electron chi connectivity index (χ2n) is 10.3. The van der Waals surface area contributed by atoms with E-state index in [-0.39, 0.29) is 34.4 Å². The van der Waals surface area contributed by atoms with E-state index in [9.17, 15) is 15.0 Å². The lowest BCUT2D eigenvalue weighted by Gasteiger charge is -2.42. The van der Waals surface area contributed by atoms with Crippen LogP contribution in [0, 0.1) is 5.82 Å². The minimum atomic E-state index is -1.22. The van der Waals surface area contributed by atoms with Crippen molar-refractivity contribution in [3.05, 3.63) is 28.4 Å². The van der Waals surface area contributed by atoms with Crippen LogP contribution < -0.4 is 4.90 Å². The number of nitrogens with zero attached hydrogens (tertiary/aromatic N) is 4. The standard InChI is InChI=1S/C23H28ClFN4O4/c1-22(2,3)33-21(31)29-12-4-5-13(29)10-28(9-12)20-14-8-26-19(24)18(25)16(14)17(15(11-30)27-20)23(32)6-7-23/h8,12-13,30,32H,4-7,9-11H2,1-3H3. The van der Waals surface area contributed by atoms with Gasteiger partial charge in [0, 0.05) is 35.6 Å². The van der Waals surface area contributed by atoms with Crippen molar-refractivity contribution >= 4 is 34.3 Å². The maximum atomic E-state index is 15.3. The van der Waals surface area contributed by atoms with Crippen LogP contribution in [0.15, 0.2) is 6.20 Å². The Labute approximate surface area is 196 Å². The van der Waals surface area contributed by atoms with Crippen LogP contribution in [-0.4, -0.2) is 61.9 Å². The monoisotopic (exact) mass is 478 g/mol. The number of pyridine rings is 2. The lowest BCUT2D eigenvalue weighted by Crippen LogP contribution is -2.57. The second-order valence-corrected chi connectivity index (χ2v) is 10.6. The summed E-state index contributed by atoms with van der Waals surface area (Å²) in [7, 11) is 0. The summed E-state index contributed by atoms with van der Waals surface area (Å²) in [4.78, 5) is 25.3. The van der Waals surface area contributed by atoms with Gasteiger partial charge in [-0.1, -0.05) is 11.6 Å². The first-order valence-electron chi connectivity index (χ1n) is 11.3. The van der Waals surface area contributed by atoms with Gasteiger partial charge in [-0.25, -0.2) is 19.2 Å². The summed E-state index contributed by atoms with van der Waals surface area (Å²) in [6.07, 6.45) is 3.75. The molecule has 0 spiro atoms. The summed E-state index contributed by atoms with van der Waals surface area (Å²) in [5.74, 6) is -0.246. The molecule has 33 heavy (non-hydrogen) atoms. The zero-order valence-corrected chi connectivity index (χ0v) is 19.7. The van der Waals surface area contributed by atoms with Gasteiger partial charge >= 0.3 is 6.09 Å². The molecule has 10 heteroatoms. The molecule has 2 aromatic heterocycles. The average Bonchev–Trinajstić information content (AvgIpc) is 3.43. The fourth-order valence-electron chi connectivity index (χ4n) is 5.18. The van der Waals surface area contributed by atoms with E-state index in [0.29, 0.717) is 42.7 Å². The van der Waals surface area contributed by atoms with Gasteiger partial charge in [-0.05, 0) is 46.5 Å². The fourth-order valence-corrected chi connectivity index (χ4v) is 5.32. The zero-order chi connectivity index (χ0) is 23.7. The summed E-state index contributed by atoms with van der Waals surface area (Å²) in [5, 5.41) is 21.2. The van der Waals surface area contributed by atoms with Gasteiger partial charge in [-0.2, -0.15) is 0 Å². The Morgan fingerprint density at radius 1 is 1.30 bits per heavy atom. The number of hydrogen-bond acceptors (Lipinski definition) is 7. The molecule has 2 saturated heterocycles. The first-order valence-corrected chi connectivity index (χ1v) is 11.7. The number of hydrogen-bond donors (Lipinski definition) is 2. The molecule has 3 aliphatic rings. The molecule has 3 fully saturated rings. The lowest BCUT2D eigenvalue weighted by atomic mass is 9.97. The average molecular weight is 479 g/mol. The number of aliphatic hydroxyl groups is 2. The Kier molecular flexibility index (Phi) is 5.23. The molecule has 2 N–H and O–H groups in total. The Hall–Kier alpha value is -2.23. The molecule has 4 heterocycles. The van der Waals surface area contributed by atoms with Crippen molar-refractivity contribution in [3.8, 4) is 0 Å². The highest BCUT2D eigenvalue weighted by Crippen LogP contribution is 2.51. The molecule has 2 unspecified atom stereocenters. The lowest BCUT2D eigenvalue weighted by molar-refractivity contribution is 0.0123. The van der Waals surface area contributed by atoms with Crippen LogP contribution in [0.2, 0.25) is 5.15 Å². The summed E-state index contributed by atoms with van der Waals surface area (Å²) < 4.78 is 20.9. The van der Waals surface area contributed by atoms with Crippen molar-refractivity contribution in [2.24, 2.45) is 0 Å². The molecule has 2 aliphatic heterocycles. The van der Waals surface area contributed by atoms with Crippen molar-refractivity contribution < 1.29 is 24.1 Å². The highest BCUT2D eigenvalue weighted by molar-refractivity contribution is 6.30. The molecular weight excluding hydrogens is 451 g/mol. The van der Waals surface area contributed by atoms with E-state index >= 15 is 4.39 Å². The number of fused-ring (bicyclic) bond motifs is 3. The van der Waals surface area contributed by atoms with Gasteiger partial charge in [-0.3, -0.25) is 4.90 Å². The third-order valence-corrected chi connectivity index (χ3v) is 6.99. The van der Waals surface area contributed by atoms with Crippen LogP contribution in [-0.2, 0) is 16.9 Å². The number of ether oxygens (including phenoxy) is 1. The maximum absolute atomic E-state index is 15.3. The van der Waals surface area contributed by atoms with Gasteiger partial charge < -0.3 is 19.8 Å². The van der Waals surface area contributed by atoms with Gasteiger partial charge in [0.2, 0.25) is 0 Å². The fraction of sp³-hybridized carbons (Fsp3) is 0.609. The van der Waals surface area contributed by atoms with Crippen molar-refractivity contribution in [3.63, 3.8) is 0 Å². The molecular formula is C23H28ClFN4O4. The zero-order valence-electron chi connectivity index (χ0n) is 18.9. The number of carbonyl (C=O) groups is 1. The van der Waals surface area contributed by atoms with Crippen molar-refractivity contribution in [1.29, 1.82) is 0 Å². The van der Waals surface area contributed by atoms with Gasteiger partial charge in [0.05, 0.1) is 30.0 Å². The van der Waals surface area contributed by atoms with E-state index in [2.05, 4.69) is 9.97 Å². The minimum absolute atomic E-state index is 0.0644. The van der Waals surface area contributed by atoms with Crippen molar-refractivity contribution in [1.82, 2.24) is 14.9 Å². The van der Waals surface area contributed by atoms with E-state index < -0.39 is 23.6 Å². The van der Waals surface area contributed by atoms with E-state index in [1.54, 1.807) is 0 Å². The summed E-state index contributed by atoms with van der Waals surface area (Å²) in [6, 6.07) is -0.129. The highest BCUT2D eigenvalue weighted by Gasteiger charge is 2.48. The van der Waals surface area contributed by atoms with Gasteiger partial charge in [0.15, 0.2) is 11.0 Å². The van der Waals surface area contributed by atoms with E-state index in [1.165, 1.54) is 6.20 Å².